The summed E-state index contributed by atoms with van der Waals surface area (Å²) in [5, 5.41) is 23.7. The number of nitrogens with one attached hydrogen (secondary N) is 2. The number of phenols is 1. The number of carbonyl (C=O) groups excluding carboxylic acids is 1. The summed E-state index contributed by atoms with van der Waals surface area (Å²) in [5.41, 5.74) is 0.771. The molecule has 3 N–H and O–H groups in total. The zero-order chi connectivity index (χ0) is 15.4. The van der Waals surface area contributed by atoms with Crippen molar-refractivity contribution in [1.29, 1.82) is 5.26 Å². The summed E-state index contributed by atoms with van der Waals surface area (Å²) in [6.45, 7) is 0. The molecule has 2 aromatic rings. The number of nitrogens with zero attached hydrogens (tertiary/aromatic N) is 1. The molecule has 5 nitrogen and oxygen atoms in total. The molecular formula is C14H9BBrN3O2. The van der Waals surface area contributed by atoms with E-state index in [2.05, 4.69) is 26.6 Å². The fraction of sp³-hybridized carbons (Fsp3) is 0. The molecule has 0 aliphatic rings. The highest BCUT2D eigenvalue weighted by Crippen LogP contribution is 2.23. The van der Waals surface area contributed by atoms with Crippen molar-refractivity contribution in [1.82, 2.24) is 0 Å². The number of hydrogen-bond donors (Lipinski definition) is 3. The average Bonchev–Trinajstić information content (AvgIpc) is 2.47. The van der Waals surface area contributed by atoms with Gasteiger partial charge in [0.2, 0.25) is 0 Å². The van der Waals surface area contributed by atoms with E-state index in [4.69, 9.17) is 13.1 Å². The quantitative estimate of drug-likeness (QED) is 0.579. The molecule has 2 radical (unpaired) electrons. The monoisotopic (exact) mass is 341 g/mol. The van der Waals surface area contributed by atoms with Crippen LogP contribution in [0.4, 0.5) is 16.2 Å². The smallest absolute Gasteiger partial charge is 0.323 e. The van der Waals surface area contributed by atoms with Gasteiger partial charge in [0.15, 0.2) is 0 Å². The summed E-state index contributed by atoms with van der Waals surface area (Å²) in [6.07, 6.45) is 0. The van der Waals surface area contributed by atoms with Crippen LogP contribution in [0.3, 0.4) is 0 Å². The molecule has 0 atom stereocenters. The zero-order valence-corrected chi connectivity index (χ0v) is 12.3. The lowest BCUT2D eigenvalue weighted by atomic mass is 9.89. The Hall–Kier alpha value is -2.46. The van der Waals surface area contributed by atoms with Crippen molar-refractivity contribution in [3.8, 4) is 11.8 Å². The maximum atomic E-state index is 11.9. The van der Waals surface area contributed by atoms with Crippen molar-refractivity contribution in [2.75, 3.05) is 10.6 Å². The van der Waals surface area contributed by atoms with E-state index >= 15 is 0 Å². The van der Waals surface area contributed by atoms with Gasteiger partial charge in [-0.2, -0.15) is 5.26 Å². The molecule has 21 heavy (non-hydrogen) atoms. The van der Waals surface area contributed by atoms with Gasteiger partial charge in [-0.25, -0.2) is 4.79 Å². The summed E-state index contributed by atoms with van der Waals surface area (Å²) < 4.78 is 0.726. The van der Waals surface area contributed by atoms with Gasteiger partial charge < -0.3 is 15.7 Å². The van der Waals surface area contributed by atoms with Gasteiger partial charge in [-0.3, -0.25) is 0 Å². The molecule has 0 fully saturated rings. The summed E-state index contributed by atoms with van der Waals surface area (Å²) in [7, 11) is 5.59. The van der Waals surface area contributed by atoms with Gasteiger partial charge >= 0.3 is 6.03 Å². The highest BCUT2D eigenvalue weighted by atomic mass is 79.9. The molecule has 0 heterocycles. The third-order valence-corrected chi connectivity index (χ3v) is 3.40. The lowest BCUT2D eigenvalue weighted by Crippen LogP contribution is -2.21. The first-order valence-electron chi connectivity index (χ1n) is 5.87. The molecule has 2 amide bonds. The molecule has 0 unspecified atom stereocenters. The number of nitriles is 1. The molecule has 102 valence electrons. The van der Waals surface area contributed by atoms with Crippen LogP contribution in [0, 0.1) is 11.3 Å². The molecule has 0 bridgehead atoms. The highest BCUT2D eigenvalue weighted by molar-refractivity contribution is 9.10. The Kier molecular flexibility index (Phi) is 4.50. The van der Waals surface area contributed by atoms with E-state index in [0.717, 1.165) is 4.47 Å². The first kappa shape index (κ1) is 14.9. The van der Waals surface area contributed by atoms with Crippen LogP contribution in [0.25, 0.3) is 0 Å². The minimum atomic E-state index is -0.540. The fourth-order valence-corrected chi connectivity index (χ4v) is 2.03. The molecule has 0 saturated carbocycles. The van der Waals surface area contributed by atoms with E-state index in [1.165, 1.54) is 12.1 Å². The molecular weight excluding hydrogens is 333 g/mol. The van der Waals surface area contributed by atoms with E-state index < -0.39 is 6.03 Å². The second-order valence-corrected chi connectivity index (χ2v) is 4.95. The topological polar surface area (TPSA) is 85.2 Å². The van der Waals surface area contributed by atoms with Crippen LogP contribution in [0.5, 0.6) is 5.75 Å². The van der Waals surface area contributed by atoms with Crippen LogP contribution >= 0.6 is 15.9 Å². The molecule has 0 aliphatic heterocycles. The number of para-hydroxylation sites is 1. The number of halogens is 1. The Labute approximate surface area is 131 Å². The van der Waals surface area contributed by atoms with Crippen LogP contribution in [0.15, 0.2) is 40.9 Å². The number of aromatic hydroxyl groups is 1. The van der Waals surface area contributed by atoms with Gasteiger partial charge in [-0.15, -0.1) is 0 Å². The number of phenolic OH excluding ortho intramolecular Hbond substituents is 1. The maximum Gasteiger partial charge on any atom is 0.323 e. The molecule has 0 aliphatic carbocycles. The summed E-state index contributed by atoms with van der Waals surface area (Å²) in [4.78, 5) is 11.9. The summed E-state index contributed by atoms with van der Waals surface area (Å²) in [5.74, 6) is -0.337. The summed E-state index contributed by atoms with van der Waals surface area (Å²) in [6, 6.07) is 11.2. The number of amides is 2. The van der Waals surface area contributed by atoms with Crippen molar-refractivity contribution >= 4 is 46.6 Å². The van der Waals surface area contributed by atoms with Crippen molar-refractivity contribution in [2.24, 2.45) is 0 Å². The van der Waals surface area contributed by atoms with Crippen LogP contribution in [-0.4, -0.2) is 19.0 Å². The minimum Gasteiger partial charge on any atom is -0.506 e. The lowest BCUT2D eigenvalue weighted by molar-refractivity contribution is 0.262. The van der Waals surface area contributed by atoms with Gasteiger partial charge in [-0.05, 0) is 45.7 Å². The minimum absolute atomic E-state index is 0.0730. The van der Waals surface area contributed by atoms with Crippen molar-refractivity contribution < 1.29 is 9.90 Å². The Balaban J connectivity index is 2.16. The maximum absolute atomic E-state index is 11.9. The molecule has 0 aromatic heterocycles. The van der Waals surface area contributed by atoms with E-state index in [9.17, 15) is 9.90 Å². The normalized spacial score (nSPS) is 9.71. The number of anilines is 2. The first-order chi connectivity index (χ1) is 10.0. The van der Waals surface area contributed by atoms with Crippen LogP contribution in [0.1, 0.15) is 5.56 Å². The van der Waals surface area contributed by atoms with Crippen molar-refractivity contribution in [2.45, 2.75) is 0 Å². The van der Waals surface area contributed by atoms with Gasteiger partial charge in [-0.1, -0.05) is 12.1 Å². The highest BCUT2D eigenvalue weighted by Gasteiger charge is 2.11. The predicted octanol–water partition coefficient (Wildman–Crippen LogP) is 2.46. The SMILES string of the molecule is [B]c1c(C#N)ccc(NC(=O)Nc2ccccc2Br)c1O. The van der Waals surface area contributed by atoms with Crippen molar-refractivity contribution in [3.05, 3.63) is 46.4 Å². The Morgan fingerprint density at radius 2 is 1.86 bits per heavy atom. The van der Waals surface area contributed by atoms with E-state index in [1.807, 2.05) is 12.1 Å². The number of carbonyl (C=O) groups is 1. The second kappa shape index (κ2) is 6.33. The van der Waals surface area contributed by atoms with E-state index in [0.29, 0.717) is 5.69 Å². The van der Waals surface area contributed by atoms with Gasteiger partial charge in [0.05, 0.1) is 17.4 Å². The molecule has 0 saturated heterocycles. The number of benzene rings is 2. The Morgan fingerprint density at radius 1 is 1.19 bits per heavy atom. The average molecular weight is 342 g/mol. The second-order valence-electron chi connectivity index (χ2n) is 4.09. The third-order valence-electron chi connectivity index (χ3n) is 2.71. The molecule has 7 heteroatoms. The molecule has 0 spiro atoms. The van der Waals surface area contributed by atoms with Gasteiger partial charge in [0.25, 0.3) is 0 Å². The van der Waals surface area contributed by atoms with Crippen LogP contribution in [0.2, 0.25) is 0 Å². The Bertz CT molecular complexity index is 743. The zero-order valence-electron chi connectivity index (χ0n) is 10.7. The first-order valence-corrected chi connectivity index (χ1v) is 6.66. The number of rotatable bonds is 2. The standard InChI is InChI=1S/C14H9BBrN3O2/c15-12-8(7-17)5-6-11(13(12)20)19-14(21)18-10-4-2-1-3-9(10)16/h1-6,20H,(H2,18,19,21). The van der Waals surface area contributed by atoms with Crippen molar-refractivity contribution in [3.63, 3.8) is 0 Å². The van der Waals surface area contributed by atoms with Gasteiger partial charge in [0, 0.05) is 10.0 Å². The van der Waals surface area contributed by atoms with Gasteiger partial charge in [0.1, 0.15) is 13.6 Å². The Morgan fingerprint density at radius 3 is 2.52 bits per heavy atom. The van der Waals surface area contributed by atoms with Crippen LogP contribution in [-0.2, 0) is 0 Å². The number of urea groups is 1. The predicted molar refractivity (Wildman–Crippen MR) is 85.0 cm³/mol. The van der Waals surface area contributed by atoms with E-state index in [-0.39, 0.29) is 22.5 Å². The number of hydrogen-bond acceptors (Lipinski definition) is 3. The molecule has 2 aromatic carbocycles. The van der Waals surface area contributed by atoms with Crippen LogP contribution < -0.4 is 16.1 Å². The lowest BCUT2D eigenvalue weighted by Gasteiger charge is -2.12. The fourth-order valence-electron chi connectivity index (χ4n) is 1.64. The van der Waals surface area contributed by atoms with E-state index in [1.54, 1.807) is 18.2 Å². The third kappa shape index (κ3) is 3.36. The summed E-state index contributed by atoms with van der Waals surface area (Å²) >= 11 is 3.31. The largest absolute Gasteiger partial charge is 0.506 e. The molecule has 2 rings (SSSR count).